The highest BCUT2D eigenvalue weighted by atomic mass is 19.2. The summed E-state index contributed by atoms with van der Waals surface area (Å²) in [4.78, 5) is 23.6. The quantitative estimate of drug-likeness (QED) is 0.453. The predicted molar refractivity (Wildman–Crippen MR) is 81.4 cm³/mol. The van der Waals surface area contributed by atoms with E-state index in [1.807, 2.05) is 0 Å². The summed E-state index contributed by atoms with van der Waals surface area (Å²) >= 11 is 0. The molecular weight excluding hydrogens is 321 g/mol. The third kappa shape index (κ3) is 4.22. The fourth-order valence-electron chi connectivity index (χ4n) is 2.16. The smallest absolute Gasteiger partial charge is 0.338 e. The van der Waals surface area contributed by atoms with Crippen LogP contribution < -0.4 is 0 Å². The van der Waals surface area contributed by atoms with Gasteiger partial charge in [0, 0.05) is 12.0 Å². The molecule has 6 heteroatoms. The van der Waals surface area contributed by atoms with Crippen LogP contribution in [-0.4, -0.2) is 18.4 Å². The molecule has 0 spiro atoms. The molecule has 0 unspecified atom stereocenters. The number of carbonyl (C=O) groups excluding carboxylic acids is 2. The van der Waals surface area contributed by atoms with Crippen molar-refractivity contribution >= 4 is 11.8 Å². The minimum absolute atomic E-state index is 0.00324. The normalized spacial score (nSPS) is 10.5. The molecule has 2 rings (SSSR count). The van der Waals surface area contributed by atoms with Gasteiger partial charge >= 0.3 is 5.97 Å². The van der Waals surface area contributed by atoms with Crippen molar-refractivity contribution in [3.8, 4) is 0 Å². The van der Waals surface area contributed by atoms with Crippen LogP contribution in [0.1, 0.15) is 39.6 Å². The molecule has 2 aromatic carbocycles. The van der Waals surface area contributed by atoms with Gasteiger partial charge in [-0.25, -0.2) is 18.0 Å². The minimum Gasteiger partial charge on any atom is -0.462 e. The lowest BCUT2D eigenvalue weighted by Gasteiger charge is -2.05. The number of benzene rings is 2. The molecule has 0 aliphatic rings. The van der Waals surface area contributed by atoms with Gasteiger partial charge in [0.25, 0.3) is 0 Å². The van der Waals surface area contributed by atoms with Gasteiger partial charge in [-0.15, -0.1) is 0 Å². The first-order valence-corrected chi connectivity index (χ1v) is 7.36. The monoisotopic (exact) mass is 336 g/mol. The third-order valence-electron chi connectivity index (χ3n) is 3.40. The second kappa shape index (κ2) is 7.77. The molecule has 0 aliphatic heterocycles. The average Bonchev–Trinajstić information content (AvgIpc) is 2.57. The van der Waals surface area contributed by atoms with E-state index in [2.05, 4.69) is 0 Å². The van der Waals surface area contributed by atoms with E-state index in [4.69, 9.17) is 4.74 Å². The van der Waals surface area contributed by atoms with Gasteiger partial charge in [0.15, 0.2) is 23.2 Å². The van der Waals surface area contributed by atoms with Crippen LogP contribution in [0.4, 0.5) is 13.2 Å². The Kier molecular flexibility index (Phi) is 5.73. The molecule has 0 saturated carbocycles. The van der Waals surface area contributed by atoms with Crippen LogP contribution in [0.5, 0.6) is 0 Å². The fourth-order valence-corrected chi connectivity index (χ4v) is 2.16. The Balaban J connectivity index is 2.01. The maximum absolute atomic E-state index is 13.1. The van der Waals surface area contributed by atoms with Gasteiger partial charge in [0.1, 0.15) is 0 Å². The summed E-state index contributed by atoms with van der Waals surface area (Å²) in [7, 11) is 0. The lowest BCUT2D eigenvalue weighted by molar-refractivity contribution is 0.0526. The van der Waals surface area contributed by atoms with Gasteiger partial charge in [-0.1, -0.05) is 12.1 Å². The zero-order chi connectivity index (χ0) is 17.7. The number of aryl methyl sites for hydroxylation is 1. The first-order chi connectivity index (χ1) is 11.4. The minimum atomic E-state index is -1.53. The highest BCUT2D eigenvalue weighted by Gasteiger charge is 2.13. The molecule has 0 fully saturated rings. The molecule has 0 bridgehead atoms. The Hall–Kier alpha value is -2.63. The van der Waals surface area contributed by atoms with Crippen LogP contribution in [0.3, 0.4) is 0 Å². The van der Waals surface area contributed by atoms with Crippen LogP contribution in [0.15, 0.2) is 36.4 Å². The standard InChI is InChI=1S/C18H15F3O3/c1-2-24-18(23)13-6-4-12(5-7-13)16(22)8-3-11-9-14(19)17(21)15(20)10-11/h4-7,9-10H,2-3,8H2,1H3. The van der Waals surface area contributed by atoms with Crippen LogP contribution in [-0.2, 0) is 11.2 Å². The lowest BCUT2D eigenvalue weighted by atomic mass is 10.0. The molecule has 2 aromatic rings. The Morgan fingerprint density at radius 1 is 0.958 bits per heavy atom. The summed E-state index contributed by atoms with van der Waals surface area (Å²) in [5, 5.41) is 0. The summed E-state index contributed by atoms with van der Waals surface area (Å²) in [5.41, 5.74) is 0.894. The van der Waals surface area contributed by atoms with E-state index in [9.17, 15) is 22.8 Å². The van der Waals surface area contributed by atoms with Crippen molar-refractivity contribution < 1.29 is 27.5 Å². The Bertz CT molecular complexity index is 732. The van der Waals surface area contributed by atoms with Crippen LogP contribution in [0.2, 0.25) is 0 Å². The summed E-state index contributed by atoms with van der Waals surface area (Å²) in [6.45, 7) is 1.95. The zero-order valence-electron chi connectivity index (χ0n) is 12.9. The number of hydrogen-bond acceptors (Lipinski definition) is 3. The summed E-state index contributed by atoms with van der Waals surface area (Å²) in [6.07, 6.45) is 0.0792. The van der Waals surface area contributed by atoms with E-state index in [-0.39, 0.29) is 30.8 Å². The SMILES string of the molecule is CCOC(=O)c1ccc(C(=O)CCc2cc(F)c(F)c(F)c2)cc1. The van der Waals surface area contributed by atoms with Crippen molar-refractivity contribution in [2.24, 2.45) is 0 Å². The number of carbonyl (C=O) groups is 2. The van der Waals surface area contributed by atoms with Crippen molar-refractivity contribution in [1.29, 1.82) is 0 Å². The van der Waals surface area contributed by atoms with Gasteiger partial charge in [-0.2, -0.15) is 0 Å². The van der Waals surface area contributed by atoms with Gasteiger partial charge in [-0.05, 0) is 43.2 Å². The fraction of sp³-hybridized carbons (Fsp3) is 0.222. The summed E-state index contributed by atoms with van der Waals surface area (Å²) in [5.74, 6) is -4.82. The Labute approximate surface area is 137 Å². The Morgan fingerprint density at radius 2 is 1.50 bits per heavy atom. The van der Waals surface area contributed by atoms with Crippen molar-refractivity contribution in [3.05, 3.63) is 70.5 Å². The summed E-state index contributed by atoms with van der Waals surface area (Å²) in [6, 6.07) is 7.66. The molecule has 0 aliphatic carbocycles. The number of ether oxygens (including phenoxy) is 1. The molecule has 0 saturated heterocycles. The zero-order valence-corrected chi connectivity index (χ0v) is 12.9. The average molecular weight is 336 g/mol. The number of esters is 1. The van der Waals surface area contributed by atoms with Gasteiger partial charge in [0.05, 0.1) is 12.2 Å². The van der Waals surface area contributed by atoms with Crippen molar-refractivity contribution in [3.63, 3.8) is 0 Å². The predicted octanol–water partition coefficient (Wildman–Crippen LogP) is 4.10. The number of ketones is 1. The van der Waals surface area contributed by atoms with Gasteiger partial charge < -0.3 is 4.74 Å². The molecule has 0 heterocycles. The van der Waals surface area contributed by atoms with Crippen LogP contribution in [0, 0.1) is 17.5 Å². The van der Waals surface area contributed by atoms with Crippen LogP contribution in [0.25, 0.3) is 0 Å². The molecule has 24 heavy (non-hydrogen) atoms. The third-order valence-corrected chi connectivity index (χ3v) is 3.40. The molecule has 0 amide bonds. The highest BCUT2D eigenvalue weighted by molar-refractivity contribution is 5.97. The molecule has 0 N–H and O–H groups in total. The van der Waals surface area contributed by atoms with E-state index in [1.54, 1.807) is 6.92 Å². The van der Waals surface area contributed by atoms with E-state index < -0.39 is 23.4 Å². The second-order valence-electron chi connectivity index (χ2n) is 5.09. The second-order valence-corrected chi connectivity index (χ2v) is 5.09. The number of halogens is 3. The largest absolute Gasteiger partial charge is 0.462 e. The summed E-state index contributed by atoms with van der Waals surface area (Å²) < 4.78 is 44.0. The first-order valence-electron chi connectivity index (χ1n) is 7.36. The number of Topliss-reactive ketones (excluding diaryl/α,β-unsaturated/α-hetero) is 1. The molecular formula is C18H15F3O3. The topological polar surface area (TPSA) is 43.4 Å². The molecule has 0 radical (unpaired) electrons. The van der Waals surface area contributed by atoms with Crippen molar-refractivity contribution in [2.45, 2.75) is 19.8 Å². The maximum Gasteiger partial charge on any atom is 0.338 e. The molecule has 0 atom stereocenters. The van der Waals surface area contributed by atoms with Crippen molar-refractivity contribution in [1.82, 2.24) is 0 Å². The lowest BCUT2D eigenvalue weighted by Crippen LogP contribution is -2.06. The highest BCUT2D eigenvalue weighted by Crippen LogP contribution is 2.16. The van der Waals surface area contributed by atoms with E-state index >= 15 is 0 Å². The van der Waals surface area contributed by atoms with E-state index in [1.165, 1.54) is 24.3 Å². The van der Waals surface area contributed by atoms with E-state index in [0.29, 0.717) is 11.1 Å². The van der Waals surface area contributed by atoms with Gasteiger partial charge in [0.2, 0.25) is 0 Å². The van der Waals surface area contributed by atoms with E-state index in [0.717, 1.165) is 12.1 Å². The maximum atomic E-state index is 13.1. The molecule has 3 nitrogen and oxygen atoms in total. The molecule has 0 aromatic heterocycles. The number of rotatable bonds is 6. The van der Waals surface area contributed by atoms with Crippen molar-refractivity contribution in [2.75, 3.05) is 6.61 Å². The first kappa shape index (κ1) is 17.7. The molecule has 126 valence electrons. The van der Waals surface area contributed by atoms with Gasteiger partial charge in [-0.3, -0.25) is 4.79 Å². The Morgan fingerprint density at radius 3 is 2.04 bits per heavy atom. The van der Waals surface area contributed by atoms with Crippen LogP contribution >= 0.6 is 0 Å². The number of hydrogen-bond donors (Lipinski definition) is 0.